The van der Waals surface area contributed by atoms with Crippen molar-refractivity contribution < 1.29 is 116 Å². The summed E-state index contributed by atoms with van der Waals surface area (Å²) in [5, 5.41) is 22.1. The first-order valence-corrected chi connectivity index (χ1v) is 15.8. The number of aliphatic hydroxyl groups excluding tert-OH is 2. The zero-order valence-corrected chi connectivity index (χ0v) is 30.1. The van der Waals surface area contributed by atoms with E-state index in [2.05, 4.69) is 29.9 Å². The molecule has 27 heteroatoms. The molecule has 3 aliphatic heterocycles. The van der Waals surface area contributed by atoms with Gasteiger partial charge in [-0.15, -0.1) is 0 Å². The second-order valence-corrected chi connectivity index (χ2v) is 12.8. The first kappa shape index (κ1) is 36.8. The predicted molar refractivity (Wildman–Crippen MR) is 139 cm³/mol. The number of anilines is 2. The number of nitrogen functional groups attached to an aromatic ring is 2. The molecule has 7 N–H and O–H groups in total. The van der Waals surface area contributed by atoms with Crippen molar-refractivity contribution in [1.29, 1.82) is 0 Å². The molecule has 10 atom stereocenters. The van der Waals surface area contributed by atoms with Crippen LogP contribution in [0.4, 0.5) is 11.8 Å². The van der Waals surface area contributed by atoms with Crippen molar-refractivity contribution >= 4 is 49.7 Å². The number of nitrogens with zero attached hydrogens (tertiary/aromatic N) is 7. The molecular weight excluding hydrogens is 696 g/mol. The Morgan fingerprint density at radius 3 is 1.89 bits per heavy atom. The van der Waals surface area contributed by atoms with E-state index < -0.39 is 83.5 Å². The molecule has 7 heterocycles. The van der Waals surface area contributed by atoms with Crippen molar-refractivity contribution in [3.63, 3.8) is 0 Å². The van der Waals surface area contributed by atoms with E-state index in [4.69, 9.17) is 39.0 Å². The average molecular weight is 718 g/mol. The van der Waals surface area contributed by atoms with Crippen molar-refractivity contribution in [2.24, 2.45) is 0 Å². The maximum Gasteiger partial charge on any atom is 1.00 e. The predicted octanol–water partition coefficient (Wildman–Crippen LogP) is -9.60. The molecule has 0 amide bonds. The van der Waals surface area contributed by atoms with Crippen molar-refractivity contribution in [3.05, 3.63) is 29.3 Å². The molecule has 0 bridgehead atoms. The van der Waals surface area contributed by atoms with Crippen molar-refractivity contribution in [2.75, 3.05) is 24.7 Å². The van der Waals surface area contributed by atoms with Gasteiger partial charge in [0, 0.05) is 0 Å². The Kier molecular flexibility index (Phi) is 10.7. The van der Waals surface area contributed by atoms with Gasteiger partial charge in [-0.25, -0.2) is 19.9 Å². The van der Waals surface area contributed by atoms with E-state index in [0.29, 0.717) is 0 Å². The summed E-state index contributed by atoms with van der Waals surface area (Å²) < 4.78 is 59.9. The summed E-state index contributed by atoms with van der Waals surface area (Å²) >= 11 is 0. The van der Waals surface area contributed by atoms with Crippen LogP contribution in [-0.2, 0) is 36.7 Å². The molecule has 23 nitrogen and oxygen atoms in total. The number of hydrogen-bond donors (Lipinski definition) is 5. The summed E-state index contributed by atoms with van der Waals surface area (Å²) in [6, 6.07) is 0. The maximum absolute atomic E-state index is 13.0. The van der Waals surface area contributed by atoms with E-state index in [1.807, 2.05) is 0 Å². The van der Waals surface area contributed by atoms with Crippen LogP contribution in [0.5, 0.6) is 0 Å². The van der Waals surface area contributed by atoms with Gasteiger partial charge in [0.05, 0.1) is 25.9 Å². The van der Waals surface area contributed by atoms with E-state index in [1.165, 1.54) is 10.9 Å². The average Bonchev–Trinajstić information content (AvgIpc) is 3.72. The molecule has 7 rings (SSSR count). The standard InChI is InChI=1S/C20H24N10O13P2.2Na/c21-14-8-15(24-3-23-14)29(4-25-8)18-10(31)12-6(40-18)1-38-45(36,37)43-13-7(2-39-44(34,35)42-12)41-19(11(13)32)30-5-26-9-16(30)27-20(22)28-17(9)33;;/h3-7,10-13,18-19,31-32H,1-2H2,(H,34,35)(H,36,37)(H2,21,23,24)(H3,22,27,28,33);;/q;2*+1/p-2/t6-,7-,10?,11?,12?,13?,18-,19-;;/m1../s1. The van der Waals surface area contributed by atoms with E-state index >= 15 is 0 Å². The summed E-state index contributed by atoms with van der Waals surface area (Å²) in [5.74, 6) is -0.266. The minimum atomic E-state index is -5.32. The van der Waals surface area contributed by atoms with Crippen LogP contribution in [0, 0.1) is 0 Å². The molecule has 3 fully saturated rings. The fourth-order valence-electron chi connectivity index (χ4n) is 5.30. The summed E-state index contributed by atoms with van der Waals surface area (Å²) in [6.07, 6.45) is -9.74. The van der Waals surface area contributed by atoms with Crippen LogP contribution < -0.4 is 85.9 Å². The first-order chi connectivity index (χ1) is 21.3. The first-order valence-electron chi connectivity index (χ1n) is 12.9. The van der Waals surface area contributed by atoms with Gasteiger partial charge in [-0.1, -0.05) is 0 Å². The second-order valence-electron chi connectivity index (χ2n) is 10.1. The summed E-state index contributed by atoms with van der Waals surface area (Å²) in [7, 11) is -10.6. The van der Waals surface area contributed by atoms with Crippen LogP contribution >= 0.6 is 15.6 Å². The Hall–Kier alpha value is -1.44. The quantitative estimate of drug-likeness (QED) is 0.0948. The topological polar surface area (TPSA) is 335 Å². The molecular formula is C20H22N10Na2O13P2. The van der Waals surface area contributed by atoms with Gasteiger partial charge in [-0.05, 0) is 0 Å². The molecule has 0 saturated carbocycles. The molecule has 3 saturated heterocycles. The van der Waals surface area contributed by atoms with Crippen LogP contribution in [0.25, 0.3) is 22.3 Å². The number of ether oxygens (including phenoxy) is 2. The van der Waals surface area contributed by atoms with Crippen molar-refractivity contribution in [1.82, 2.24) is 39.0 Å². The Balaban J connectivity index is 0.00000217. The van der Waals surface area contributed by atoms with Gasteiger partial charge in [0.15, 0.2) is 35.1 Å². The van der Waals surface area contributed by atoms with Gasteiger partial charge >= 0.3 is 59.1 Å². The maximum atomic E-state index is 13.0. The summed E-state index contributed by atoms with van der Waals surface area (Å²) in [5.41, 5.74) is 10.7. The molecule has 0 spiro atoms. The number of rotatable bonds is 2. The van der Waals surface area contributed by atoms with E-state index in [1.54, 1.807) is 0 Å². The Morgan fingerprint density at radius 1 is 0.830 bits per heavy atom. The number of nitrogens with two attached hydrogens (primary N) is 2. The molecule has 0 aromatic carbocycles. The number of aliphatic hydroxyl groups is 2. The minimum Gasteiger partial charge on any atom is -0.756 e. The number of H-pyrrole nitrogens is 1. The molecule has 242 valence electrons. The van der Waals surface area contributed by atoms with Gasteiger partial charge in [0.25, 0.3) is 21.2 Å². The monoisotopic (exact) mass is 718 g/mol. The van der Waals surface area contributed by atoms with Gasteiger partial charge in [-0.3, -0.25) is 28.0 Å². The summed E-state index contributed by atoms with van der Waals surface area (Å²) in [6.45, 7) is -1.83. The second kappa shape index (κ2) is 13.7. The van der Waals surface area contributed by atoms with E-state index in [9.17, 15) is 33.9 Å². The molecule has 4 aromatic rings. The third-order valence-electron chi connectivity index (χ3n) is 7.30. The number of imidazole rings is 2. The van der Waals surface area contributed by atoms with Gasteiger partial charge in [0.2, 0.25) is 5.95 Å². The third kappa shape index (κ3) is 6.85. The minimum absolute atomic E-state index is 0. The fourth-order valence-corrected chi connectivity index (χ4v) is 7.20. The van der Waals surface area contributed by atoms with E-state index in [-0.39, 0.29) is 93.2 Å². The van der Waals surface area contributed by atoms with Crippen LogP contribution in [0.3, 0.4) is 0 Å². The number of hydrogen-bond acceptors (Lipinski definition) is 20. The number of aromatic amines is 1. The smallest absolute Gasteiger partial charge is 0.756 e. The van der Waals surface area contributed by atoms with E-state index in [0.717, 1.165) is 17.2 Å². The van der Waals surface area contributed by atoms with Crippen LogP contribution in [0.2, 0.25) is 0 Å². The molecule has 0 aliphatic carbocycles. The molecule has 0 radical (unpaired) electrons. The molecule has 4 aromatic heterocycles. The normalized spacial score (nSPS) is 36.1. The number of fused-ring (bicyclic) bond motifs is 4. The van der Waals surface area contributed by atoms with Gasteiger partial charge in [0.1, 0.15) is 48.5 Å². The number of nitrogens with one attached hydrogen (secondary N) is 1. The fraction of sp³-hybridized carbons (Fsp3) is 0.500. The molecule has 3 aliphatic rings. The Labute approximate surface area is 305 Å². The molecule has 6 unspecified atom stereocenters. The number of phosphoric acid groups is 2. The number of phosphoric ester groups is 2. The summed E-state index contributed by atoms with van der Waals surface area (Å²) in [4.78, 5) is 60.2. The van der Waals surface area contributed by atoms with Crippen molar-refractivity contribution in [3.8, 4) is 0 Å². The zero-order chi connectivity index (χ0) is 31.8. The zero-order valence-electron chi connectivity index (χ0n) is 24.3. The van der Waals surface area contributed by atoms with Crippen LogP contribution in [0.15, 0.2) is 23.8 Å². The van der Waals surface area contributed by atoms with Gasteiger partial charge in [-0.2, -0.15) is 4.98 Å². The van der Waals surface area contributed by atoms with Crippen LogP contribution in [-0.4, -0.2) is 99.1 Å². The van der Waals surface area contributed by atoms with Crippen LogP contribution in [0.1, 0.15) is 12.5 Å². The SMILES string of the molecule is Nc1nc2c(ncn2[C@@H]2O[C@@H]3COP(=O)([O-])OC4C(O)[C@H](n5cnc6c(N)ncnc65)O[C@@H]4COP(=O)([O-])OC3C2O)c(=O)[nH]1.[Na+].[Na+]. The van der Waals surface area contributed by atoms with Gasteiger partial charge < -0.3 is 59.0 Å². The largest absolute Gasteiger partial charge is 1.00 e. The Bertz CT molecular complexity index is 1950. The third-order valence-corrected chi connectivity index (χ3v) is 9.23. The Morgan fingerprint density at radius 2 is 1.34 bits per heavy atom. The van der Waals surface area contributed by atoms with Crippen molar-refractivity contribution in [2.45, 2.75) is 49.1 Å². The molecule has 47 heavy (non-hydrogen) atoms. The number of aromatic nitrogens is 8.